The summed E-state index contributed by atoms with van der Waals surface area (Å²) in [6.45, 7) is 0. The van der Waals surface area contributed by atoms with E-state index in [0.717, 1.165) is 3.57 Å². The van der Waals surface area contributed by atoms with E-state index in [1.54, 1.807) is 12.1 Å². The number of aromatic hydroxyl groups is 2. The van der Waals surface area contributed by atoms with E-state index in [4.69, 9.17) is 0 Å². The fraction of sp³-hybridized carbons (Fsp3) is 0. The molecule has 0 heterocycles. The predicted molar refractivity (Wildman–Crippen MR) is 76.9 cm³/mol. The Morgan fingerprint density at radius 2 is 1.72 bits per heavy atom. The Bertz CT molecular complexity index is 581. The summed E-state index contributed by atoms with van der Waals surface area (Å²) >= 11 is 2.17. The first-order valence-electron chi connectivity index (χ1n) is 5.16. The minimum Gasteiger partial charge on any atom is -0.504 e. The van der Waals surface area contributed by atoms with Gasteiger partial charge in [0.1, 0.15) is 0 Å². The lowest BCUT2D eigenvalue weighted by molar-refractivity contribution is 0.102. The van der Waals surface area contributed by atoms with Crippen molar-refractivity contribution in [2.45, 2.75) is 0 Å². The van der Waals surface area contributed by atoms with Gasteiger partial charge >= 0.3 is 0 Å². The molecule has 0 saturated heterocycles. The molecule has 0 atom stereocenters. The Labute approximate surface area is 117 Å². The van der Waals surface area contributed by atoms with E-state index in [1.165, 1.54) is 18.2 Å². The van der Waals surface area contributed by atoms with Crippen LogP contribution in [0.25, 0.3) is 0 Å². The van der Waals surface area contributed by atoms with Crippen LogP contribution in [-0.2, 0) is 0 Å². The van der Waals surface area contributed by atoms with Gasteiger partial charge in [0.05, 0.1) is 5.56 Å². The highest BCUT2D eigenvalue weighted by Crippen LogP contribution is 2.28. The number of hydrogen-bond acceptors (Lipinski definition) is 3. The molecule has 0 fully saturated rings. The van der Waals surface area contributed by atoms with Crippen molar-refractivity contribution in [3.05, 3.63) is 51.6 Å². The number of halogens is 1. The van der Waals surface area contributed by atoms with Crippen molar-refractivity contribution < 1.29 is 15.0 Å². The molecule has 0 unspecified atom stereocenters. The highest BCUT2D eigenvalue weighted by molar-refractivity contribution is 14.1. The lowest BCUT2D eigenvalue weighted by Gasteiger charge is -2.07. The average Bonchev–Trinajstić information content (AvgIpc) is 2.35. The number of hydrogen-bond donors (Lipinski definition) is 3. The van der Waals surface area contributed by atoms with Gasteiger partial charge in [0.15, 0.2) is 11.5 Å². The summed E-state index contributed by atoms with van der Waals surface area (Å²) in [6.07, 6.45) is 0. The summed E-state index contributed by atoms with van der Waals surface area (Å²) in [5.41, 5.74) is 0.664. The van der Waals surface area contributed by atoms with E-state index < -0.39 is 11.7 Å². The van der Waals surface area contributed by atoms with Crippen molar-refractivity contribution in [3.8, 4) is 11.5 Å². The van der Waals surface area contributed by atoms with Gasteiger partial charge < -0.3 is 15.5 Å². The fourth-order valence-electron chi connectivity index (χ4n) is 1.45. The molecule has 2 aromatic carbocycles. The first-order chi connectivity index (χ1) is 8.58. The van der Waals surface area contributed by atoms with Gasteiger partial charge in [-0.3, -0.25) is 4.79 Å². The number of carbonyl (C=O) groups is 1. The van der Waals surface area contributed by atoms with Crippen LogP contribution in [0.5, 0.6) is 11.5 Å². The fourth-order valence-corrected chi connectivity index (χ4v) is 1.81. The van der Waals surface area contributed by atoms with Gasteiger partial charge in [-0.1, -0.05) is 6.07 Å². The summed E-state index contributed by atoms with van der Waals surface area (Å²) in [6, 6.07) is 11.5. The summed E-state index contributed by atoms with van der Waals surface area (Å²) in [5.74, 6) is -1.20. The zero-order valence-corrected chi connectivity index (χ0v) is 11.4. The second-order valence-corrected chi connectivity index (χ2v) is 4.88. The molecular weight excluding hydrogens is 345 g/mol. The van der Waals surface area contributed by atoms with Crippen LogP contribution in [0.4, 0.5) is 5.69 Å². The van der Waals surface area contributed by atoms with Gasteiger partial charge in [0, 0.05) is 9.26 Å². The van der Waals surface area contributed by atoms with Crippen molar-refractivity contribution >= 4 is 34.2 Å². The molecule has 2 aromatic rings. The van der Waals surface area contributed by atoms with E-state index in [9.17, 15) is 15.0 Å². The maximum atomic E-state index is 11.9. The van der Waals surface area contributed by atoms with Crippen LogP contribution in [0.2, 0.25) is 0 Å². The predicted octanol–water partition coefficient (Wildman–Crippen LogP) is 2.95. The summed E-state index contributed by atoms with van der Waals surface area (Å²) < 4.78 is 1.06. The van der Waals surface area contributed by atoms with Gasteiger partial charge in [-0.2, -0.15) is 0 Å². The van der Waals surface area contributed by atoms with Crippen LogP contribution < -0.4 is 5.32 Å². The van der Waals surface area contributed by atoms with Gasteiger partial charge in [-0.05, 0) is 59.0 Å². The van der Waals surface area contributed by atoms with Crippen LogP contribution in [0, 0.1) is 3.57 Å². The monoisotopic (exact) mass is 355 g/mol. The lowest BCUT2D eigenvalue weighted by atomic mass is 10.1. The molecule has 0 aromatic heterocycles. The average molecular weight is 355 g/mol. The summed E-state index contributed by atoms with van der Waals surface area (Å²) in [4.78, 5) is 11.9. The SMILES string of the molecule is O=C(Nc1ccc(I)cc1)c1cccc(O)c1O. The molecule has 1 amide bonds. The quantitative estimate of drug-likeness (QED) is 0.573. The molecule has 0 aliphatic heterocycles. The van der Waals surface area contributed by atoms with Gasteiger partial charge in [0.25, 0.3) is 5.91 Å². The van der Waals surface area contributed by atoms with Gasteiger partial charge in [-0.15, -0.1) is 0 Å². The second-order valence-electron chi connectivity index (χ2n) is 3.63. The number of para-hydroxylation sites is 1. The zero-order chi connectivity index (χ0) is 13.1. The first-order valence-corrected chi connectivity index (χ1v) is 6.23. The number of rotatable bonds is 2. The Morgan fingerprint density at radius 1 is 1.06 bits per heavy atom. The molecule has 0 aliphatic carbocycles. The molecule has 5 heteroatoms. The lowest BCUT2D eigenvalue weighted by Crippen LogP contribution is -2.11. The topological polar surface area (TPSA) is 69.6 Å². The third kappa shape index (κ3) is 2.73. The standard InChI is InChI=1S/C13H10INO3/c14-8-4-6-9(7-5-8)15-13(18)10-2-1-3-11(16)12(10)17/h1-7,16-17H,(H,15,18). The molecular formula is C13H10INO3. The molecule has 92 valence electrons. The third-order valence-electron chi connectivity index (χ3n) is 2.36. The summed E-state index contributed by atoms with van der Waals surface area (Å²) in [7, 11) is 0. The Balaban J connectivity index is 2.22. The third-order valence-corrected chi connectivity index (χ3v) is 3.08. The number of anilines is 1. The molecule has 0 spiro atoms. The van der Waals surface area contributed by atoms with E-state index in [2.05, 4.69) is 27.9 Å². The first kappa shape index (κ1) is 12.7. The van der Waals surface area contributed by atoms with Crippen LogP contribution in [0.15, 0.2) is 42.5 Å². The van der Waals surface area contributed by atoms with Crippen molar-refractivity contribution in [2.24, 2.45) is 0 Å². The second kappa shape index (κ2) is 5.26. The van der Waals surface area contributed by atoms with Crippen LogP contribution in [0.1, 0.15) is 10.4 Å². The maximum absolute atomic E-state index is 11.9. The number of amides is 1. The molecule has 2 rings (SSSR count). The Morgan fingerprint density at radius 3 is 2.39 bits per heavy atom. The van der Waals surface area contributed by atoms with E-state index in [1.807, 2.05) is 12.1 Å². The number of phenols is 2. The number of carbonyl (C=O) groups excluding carboxylic acids is 1. The zero-order valence-electron chi connectivity index (χ0n) is 9.22. The smallest absolute Gasteiger partial charge is 0.259 e. The Hall–Kier alpha value is -1.76. The van der Waals surface area contributed by atoms with Crippen LogP contribution >= 0.6 is 22.6 Å². The van der Waals surface area contributed by atoms with Crippen molar-refractivity contribution in [1.82, 2.24) is 0 Å². The van der Waals surface area contributed by atoms with Crippen LogP contribution in [-0.4, -0.2) is 16.1 Å². The van der Waals surface area contributed by atoms with Crippen LogP contribution in [0.3, 0.4) is 0 Å². The van der Waals surface area contributed by atoms with Crippen molar-refractivity contribution in [1.29, 1.82) is 0 Å². The molecule has 3 N–H and O–H groups in total. The number of benzene rings is 2. The molecule has 0 radical (unpaired) electrons. The maximum Gasteiger partial charge on any atom is 0.259 e. The largest absolute Gasteiger partial charge is 0.504 e. The number of phenolic OH excluding ortho intramolecular Hbond substituents is 2. The van der Waals surface area contributed by atoms with E-state index in [-0.39, 0.29) is 11.3 Å². The Kier molecular flexibility index (Phi) is 3.71. The number of nitrogens with one attached hydrogen (secondary N) is 1. The minimum absolute atomic E-state index is 0.0357. The molecule has 0 saturated carbocycles. The molecule has 0 aliphatic rings. The van der Waals surface area contributed by atoms with E-state index in [0.29, 0.717) is 5.69 Å². The highest BCUT2D eigenvalue weighted by Gasteiger charge is 2.13. The van der Waals surface area contributed by atoms with Crippen molar-refractivity contribution in [2.75, 3.05) is 5.32 Å². The van der Waals surface area contributed by atoms with E-state index >= 15 is 0 Å². The highest BCUT2D eigenvalue weighted by atomic mass is 127. The molecule has 18 heavy (non-hydrogen) atoms. The van der Waals surface area contributed by atoms with Crippen molar-refractivity contribution in [3.63, 3.8) is 0 Å². The minimum atomic E-state index is -0.468. The normalized spacial score (nSPS) is 10.1. The molecule has 4 nitrogen and oxygen atoms in total. The molecule has 0 bridgehead atoms. The summed E-state index contributed by atoms with van der Waals surface area (Å²) in [5, 5.41) is 21.5. The van der Waals surface area contributed by atoms with Gasteiger partial charge in [-0.25, -0.2) is 0 Å². The van der Waals surface area contributed by atoms with Gasteiger partial charge in [0.2, 0.25) is 0 Å².